The lowest BCUT2D eigenvalue weighted by Crippen LogP contribution is -2.19. The minimum absolute atomic E-state index is 0.00779. The summed E-state index contributed by atoms with van der Waals surface area (Å²) in [6, 6.07) is 9.58. The van der Waals surface area contributed by atoms with E-state index < -0.39 is 23.6 Å². The van der Waals surface area contributed by atoms with E-state index in [4.69, 9.17) is 5.73 Å². The third-order valence-electron chi connectivity index (χ3n) is 3.29. The van der Waals surface area contributed by atoms with Crippen molar-refractivity contribution in [1.29, 1.82) is 0 Å². The van der Waals surface area contributed by atoms with Crippen molar-refractivity contribution in [3.05, 3.63) is 63.7 Å². The van der Waals surface area contributed by atoms with Gasteiger partial charge in [-0.25, -0.2) is 0 Å². The molecule has 0 aliphatic carbocycles. The van der Waals surface area contributed by atoms with E-state index in [-0.39, 0.29) is 29.2 Å². The van der Waals surface area contributed by atoms with Crippen molar-refractivity contribution in [2.24, 2.45) is 5.73 Å². The van der Waals surface area contributed by atoms with E-state index in [2.05, 4.69) is 10.1 Å². The number of anilines is 1. The highest BCUT2D eigenvalue weighted by molar-refractivity contribution is 5.94. The fourth-order valence-electron chi connectivity index (χ4n) is 2.05. The molecule has 138 valence electrons. The summed E-state index contributed by atoms with van der Waals surface area (Å²) in [7, 11) is 0. The third kappa shape index (κ3) is 5.36. The summed E-state index contributed by atoms with van der Waals surface area (Å²) in [6.45, 7) is -1.21. The molecule has 0 saturated heterocycles. The van der Waals surface area contributed by atoms with Gasteiger partial charge in [0, 0.05) is 18.2 Å². The Kier molecular flexibility index (Phi) is 5.65. The van der Waals surface area contributed by atoms with Crippen LogP contribution in [0.5, 0.6) is 5.75 Å². The quantitative estimate of drug-likeness (QED) is 0.575. The van der Waals surface area contributed by atoms with Crippen molar-refractivity contribution >= 4 is 17.3 Å². The van der Waals surface area contributed by atoms with Crippen molar-refractivity contribution in [3.63, 3.8) is 0 Å². The van der Waals surface area contributed by atoms with Crippen LogP contribution >= 0.6 is 0 Å². The number of nitrogens with zero attached hydrogens (tertiary/aromatic N) is 1. The highest BCUT2D eigenvalue weighted by Gasteiger charge is 2.28. The number of hydrogen-bond donors (Lipinski definition) is 2. The van der Waals surface area contributed by atoms with Crippen LogP contribution in [0.4, 0.5) is 24.5 Å². The van der Waals surface area contributed by atoms with Crippen LogP contribution in [0.25, 0.3) is 0 Å². The molecule has 0 aliphatic rings. The van der Waals surface area contributed by atoms with Gasteiger partial charge in [0.2, 0.25) is 5.91 Å². The van der Waals surface area contributed by atoms with E-state index in [9.17, 15) is 28.1 Å². The normalized spacial score (nSPS) is 11.0. The number of amides is 1. The van der Waals surface area contributed by atoms with Crippen LogP contribution in [0, 0.1) is 10.1 Å². The number of benzene rings is 2. The molecule has 0 heterocycles. The van der Waals surface area contributed by atoms with Gasteiger partial charge in [-0.3, -0.25) is 14.9 Å². The number of hydrogen-bond acceptors (Lipinski definition) is 5. The van der Waals surface area contributed by atoms with Crippen molar-refractivity contribution in [2.45, 2.75) is 12.7 Å². The predicted molar refractivity (Wildman–Crippen MR) is 86.9 cm³/mol. The van der Waals surface area contributed by atoms with E-state index in [0.29, 0.717) is 5.56 Å². The number of carbonyl (C=O) groups is 1. The van der Waals surface area contributed by atoms with Crippen LogP contribution in [0.3, 0.4) is 0 Å². The van der Waals surface area contributed by atoms with Crippen molar-refractivity contribution < 1.29 is 27.6 Å². The zero-order valence-electron chi connectivity index (χ0n) is 13.2. The second-order valence-corrected chi connectivity index (χ2v) is 5.25. The number of alkyl halides is 3. The van der Waals surface area contributed by atoms with Crippen LogP contribution in [-0.4, -0.2) is 23.6 Å². The molecule has 3 N–H and O–H groups in total. The first kappa shape index (κ1) is 19.0. The first-order valence-electron chi connectivity index (χ1n) is 7.26. The van der Waals surface area contributed by atoms with Crippen molar-refractivity contribution in [1.82, 2.24) is 0 Å². The van der Waals surface area contributed by atoms with E-state index >= 15 is 0 Å². The monoisotopic (exact) mass is 369 g/mol. The van der Waals surface area contributed by atoms with Crippen LogP contribution in [0.15, 0.2) is 42.5 Å². The maximum atomic E-state index is 12.1. The Morgan fingerprint density at radius 2 is 1.85 bits per heavy atom. The molecule has 2 rings (SSSR count). The fraction of sp³-hybridized carbons (Fsp3) is 0.188. The summed E-state index contributed by atoms with van der Waals surface area (Å²) in [5.74, 6) is -0.725. The van der Waals surface area contributed by atoms with Crippen molar-refractivity contribution in [2.75, 3.05) is 11.9 Å². The Bertz CT molecular complexity index is 807. The van der Waals surface area contributed by atoms with Crippen LogP contribution in [0.1, 0.15) is 15.9 Å². The van der Waals surface area contributed by atoms with E-state index in [1.54, 1.807) is 0 Å². The molecule has 10 heteroatoms. The molecule has 0 saturated carbocycles. The summed E-state index contributed by atoms with van der Waals surface area (Å²) in [4.78, 5) is 21.6. The standard InChI is InChI=1S/C16H14F3N3O4/c17-16(18,19)9-26-12-4-1-10(2-5-12)8-21-13-6-3-11(15(20)23)7-14(13)22(24)25/h1-7,21H,8-9H2,(H2,20,23). The number of ether oxygens (including phenoxy) is 1. The molecule has 0 fully saturated rings. The van der Waals surface area contributed by atoms with Crippen LogP contribution < -0.4 is 15.8 Å². The zero-order valence-corrected chi connectivity index (χ0v) is 13.2. The summed E-state index contributed by atoms with van der Waals surface area (Å²) < 4.78 is 40.9. The van der Waals surface area contributed by atoms with Gasteiger partial charge < -0.3 is 15.8 Å². The van der Waals surface area contributed by atoms with Gasteiger partial charge >= 0.3 is 6.18 Å². The van der Waals surface area contributed by atoms with Gasteiger partial charge in [0.1, 0.15) is 11.4 Å². The number of nitro groups is 1. The molecule has 26 heavy (non-hydrogen) atoms. The minimum atomic E-state index is -4.42. The molecular weight excluding hydrogens is 355 g/mol. The molecule has 0 aromatic heterocycles. The summed E-state index contributed by atoms with van der Waals surface area (Å²) in [5, 5.41) is 13.9. The second-order valence-electron chi connectivity index (χ2n) is 5.25. The number of carbonyl (C=O) groups excluding carboxylic acids is 1. The van der Waals surface area contributed by atoms with Gasteiger partial charge in [-0.1, -0.05) is 12.1 Å². The first-order valence-corrected chi connectivity index (χ1v) is 7.26. The van der Waals surface area contributed by atoms with Crippen LogP contribution in [-0.2, 0) is 6.54 Å². The lowest BCUT2D eigenvalue weighted by Gasteiger charge is -2.11. The lowest BCUT2D eigenvalue weighted by atomic mass is 10.1. The Labute approximate surface area is 145 Å². The van der Waals surface area contributed by atoms with Gasteiger partial charge in [-0.15, -0.1) is 0 Å². The SMILES string of the molecule is NC(=O)c1ccc(NCc2ccc(OCC(F)(F)F)cc2)c([N+](=O)[O-])c1. The predicted octanol–water partition coefficient (Wildman–Crippen LogP) is 3.25. The molecule has 7 nitrogen and oxygen atoms in total. The van der Waals surface area contributed by atoms with Gasteiger partial charge in [0.05, 0.1) is 4.92 Å². The van der Waals surface area contributed by atoms with Gasteiger partial charge in [0.25, 0.3) is 5.69 Å². The molecule has 0 atom stereocenters. The van der Waals surface area contributed by atoms with Crippen molar-refractivity contribution in [3.8, 4) is 5.75 Å². The maximum Gasteiger partial charge on any atom is 0.422 e. The minimum Gasteiger partial charge on any atom is -0.484 e. The highest BCUT2D eigenvalue weighted by Crippen LogP contribution is 2.26. The Hall–Kier alpha value is -3.30. The molecule has 0 bridgehead atoms. The molecule has 0 unspecified atom stereocenters. The summed E-state index contributed by atoms with van der Waals surface area (Å²) in [6.07, 6.45) is -4.42. The highest BCUT2D eigenvalue weighted by atomic mass is 19.4. The molecule has 1 amide bonds. The van der Waals surface area contributed by atoms with Gasteiger partial charge in [0.15, 0.2) is 6.61 Å². The number of halogens is 3. The average Bonchev–Trinajstić information content (AvgIpc) is 2.58. The lowest BCUT2D eigenvalue weighted by molar-refractivity contribution is -0.384. The summed E-state index contributed by atoms with van der Waals surface area (Å²) >= 11 is 0. The third-order valence-corrected chi connectivity index (χ3v) is 3.29. The topological polar surface area (TPSA) is 107 Å². The number of nitrogens with one attached hydrogen (secondary N) is 1. The van der Waals surface area contributed by atoms with Gasteiger partial charge in [-0.05, 0) is 29.8 Å². The largest absolute Gasteiger partial charge is 0.484 e. The molecular formula is C16H14F3N3O4. The van der Waals surface area contributed by atoms with E-state index in [1.165, 1.54) is 36.4 Å². The number of nitrogens with two attached hydrogens (primary N) is 1. The Morgan fingerprint density at radius 3 is 2.38 bits per heavy atom. The average molecular weight is 369 g/mol. The molecule has 0 radical (unpaired) electrons. The number of nitro benzene ring substituents is 1. The molecule has 2 aromatic carbocycles. The number of rotatable bonds is 7. The maximum absolute atomic E-state index is 12.1. The second kappa shape index (κ2) is 7.72. The summed E-state index contributed by atoms with van der Waals surface area (Å²) in [5.41, 5.74) is 5.64. The van der Waals surface area contributed by atoms with E-state index in [0.717, 1.165) is 6.07 Å². The van der Waals surface area contributed by atoms with Gasteiger partial charge in [-0.2, -0.15) is 13.2 Å². The molecule has 2 aromatic rings. The smallest absolute Gasteiger partial charge is 0.422 e. The fourth-order valence-corrected chi connectivity index (χ4v) is 2.05. The van der Waals surface area contributed by atoms with Crippen LogP contribution in [0.2, 0.25) is 0 Å². The molecule has 0 aliphatic heterocycles. The number of primary amides is 1. The Balaban J connectivity index is 2.04. The van der Waals surface area contributed by atoms with E-state index in [1.807, 2.05) is 0 Å². The first-order chi connectivity index (χ1) is 12.2. The Morgan fingerprint density at radius 1 is 1.19 bits per heavy atom. The zero-order chi connectivity index (χ0) is 19.3. The molecule has 0 spiro atoms.